The average molecular weight is 409 g/mol. The maximum Gasteiger partial charge on any atom is 0.234 e. The van der Waals surface area contributed by atoms with E-state index in [-0.39, 0.29) is 23.6 Å². The lowest BCUT2D eigenvalue weighted by Gasteiger charge is -2.15. The van der Waals surface area contributed by atoms with Gasteiger partial charge in [0, 0.05) is 36.9 Å². The smallest absolute Gasteiger partial charge is 0.234 e. The number of carbonyl (C=O) groups excluding carboxylic acids is 2. The molecule has 8 nitrogen and oxygen atoms in total. The van der Waals surface area contributed by atoms with Crippen molar-refractivity contribution in [3.8, 4) is 11.5 Å². The van der Waals surface area contributed by atoms with Crippen molar-refractivity contribution in [3.05, 3.63) is 18.2 Å². The molecule has 27 heavy (non-hydrogen) atoms. The highest BCUT2D eigenvalue weighted by atomic mass is 32.2. The molecule has 1 aliphatic carbocycles. The van der Waals surface area contributed by atoms with Gasteiger partial charge >= 0.3 is 0 Å². The fourth-order valence-electron chi connectivity index (χ4n) is 2.44. The Labute approximate surface area is 165 Å². The Morgan fingerprint density at radius 3 is 2.44 bits per heavy atom. The van der Waals surface area contributed by atoms with Crippen molar-refractivity contribution < 1.29 is 19.1 Å². The first-order valence-corrected chi connectivity index (χ1v) is 10.1. The zero-order valence-electron chi connectivity index (χ0n) is 15.2. The standard InChI is InChI=1S/C17H20N4O4S2/c1-10(22)21(12-4-5-12)16-19-20-17(27-16)26-9-15(23)18-11-6-13(24-2)8-14(7-11)25-3/h6-8,12H,4-5,9H2,1-3H3,(H,18,23). The van der Waals surface area contributed by atoms with Gasteiger partial charge in [0.15, 0.2) is 4.34 Å². The molecule has 0 unspecified atom stereocenters. The van der Waals surface area contributed by atoms with Gasteiger partial charge in [0.1, 0.15) is 11.5 Å². The summed E-state index contributed by atoms with van der Waals surface area (Å²) in [6, 6.07) is 5.40. The summed E-state index contributed by atoms with van der Waals surface area (Å²) >= 11 is 2.61. The number of hydrogen-bond donors (Lipinski definition) is 1. The topological polar surface area (TPSA) is 93.6 Å². The van der Waals surface area contributed by atoms with Gasteiger partial charge in [-0.25, -0.2) is 0 Å². The maximum atomic E-state index is 12.2. The largest absolute Gasteiger partial charge is 0.497 e. The van der Waals surface area contributed by atoms with Crippen LogP contribution in [-0.2, 0) is 9.59 Å². The van der Waals surface area contributed by atoms with Gasteiger partial charge in [-0.2, -0.15) is 0 Å². The second kappa shape index (κ2) is 8.57. The van der Waals surface area contributed by atoms with Crippen molar-refractivity contribution in [2.75, 3.05) is 30.2 Å². The number of aromatic nitrogens is 2. The second-order valence-corrected chi connectivity index (χ2v) is 8.09. The van der Waals surface area contributed by atoms with E-state index in [4.69, 9.17) is 9.47 Å². The molecule has 1 N–H and O–H groups in total. The highest BCUT2D eigenvalue weighted by Gasteiger charge is 2.34. The number of amides is 2. The summed E-state index contributed by atoms with van der Waals surface area (Å²) in [4.78, 5) is 25.7. The number of anilines is 2. The normalized spacial score (nSPS) is 13.1. The van der Waals surface area contributed by atoms with Crippen LogP contribution in [0.4, 0.5) is 10.8 Å². The highest BCUT2D eigenvalue weighted by molar-refractivity contribution is 8.01. The Balaban J connectivity index is 1.57. The van der Waals surface area contributed by atoms with Crippen molar-refractivity contribution in [1.29, 1.82) is 0 Å². The summed E-state index contributed by atoms with van der Waals surface area (Å²) in [5.74, 6) is 1.15. The van der Waals surface area contributed by atoms with E-state index >= 15 is 0 Å². The molecule has 1 aliphatic rings. The summed E-state index contributed by atoms with van der Waals surface area (Å²) in [6.07, 6.45) is 1.99. The van der Waals surface area contributed by atoms with Crippen LogP contribution in [0.2, 0.25) is 0 Å². The lowest BCUT2D eigenvalue weighted by Crippen LogP contribution is -2.30. The fourth-order valence-corrected chi connectivity index (χ4v) is 4.20. The number of rotatable bonds is 8. The van der Waals surface area contributed by atoms with E-state index in [0.29, 0.717) is 26.7 Å². The van der Waals surface area contributed by atoms with Gasteiger partial charge in [-0.05, 0) is 12.8 Å². The van der Waals surface area contributed by atoms with E-state index in [0.717, 1.165) is 12.8 Å². The number of nitrogens with one attached hydrogen (secondary N) is 1. The molecule has 0 atom stereocenters. The van der Waals surface area contributed by atoms with Crippen LogP contribution in [0, 0.1) is 0 Å². The number of methoxy groups -OCH3 is 2. The third-order valence-electron chi connectivity index (χ3n) is 3.82. The molecule has 2 aromatic rings. The third kappa shape index (κ3) is 5.10. The molecule has 1 aromatic carbocycles. The van der Waals surface area contributed by atoms with Crippen LogP contribution in [0.25, 0.3) is 0 Å². The minimum Gasteiger partial charge on any atom is -0.497 e. The first-order chi connectivity index (χ1) is 13.0. The number of thioether (sulfide) groups is 1. The summed E-state index contributed by atoms with van der Waals surface area (Å²) in [6.45, 7) is 1.53. The van der Waals surface area contributed by atoms with Crippen molar-refractivity contribution >= 4 is 45.7 Å². The van der Waals surface area contributed by atoms with Crippen molar-refractivity contribution in [1.82, 2.24) is 10.2 Å². The Morgan fingerprint density at radius 1 is 1.22 bits per heavy atom. The molecule has 0 radical (unpaired) electrons. The quantitative estimate of drug-likeness (QED) is 0.530. The van der Waals surface area contributed by atoms with Gasteiger partial charge in [0.2, 0.25) is 16.9 Å². The van der Waals surface area contributed by atoms with Gasteiger partial charge < -0.3 is 14.8 Å². The Hall–Kier alpha value is -2.33. The minimum atomic E-state index is -0.183. The number of hydrogen-bond acceptors (Lipinski definition) is 8. The van der Waals surface area contributed by atoms with Crippen LogP contribution in [-0.4, -0.2) is 48.0 Å². The first kappa shape index (κ1) is 19.4. The molecule has 1 heterocycles. The number of carbonyl (C=O) groups is 2. The third-order valence-corrected chi connectivity index (χ3v) is 5.87. The summed E-state index contributed by atoms with van der Waals surface area (Å²) in [5, 5.41) is 11.6. The number of ether oxygens (including phenoxy) is 2. The predicted molar refractivity (Wildman–Crippen MR) is 105 cm³/mol. The molecule has 0 spiro atoms. The van der Waals surface area contributed by atoms with Crippen molar-refractivity contribution in [2.45, 2.75) is 30.1 Å². The van der Waals surface area contributed by atoms with E-state index < -0.39 is 0 Å². The molecule has 3 rings (SSSR count). The Morgan fingerprint density at radius 2 is 1.89 bits per heavy atom. The van der Waals surface area contributed by atoms with Crippen LogP contribution < -0.4 is 19.7 Å². The SMILES string of the molecule is COc1cc(NC(=O)CSc2nnc(N(C(C)=O)C3CC3)s2)cc(OC)c1. The van der Waals surface area contributed by atoms with Crippen molar-refractivity contribution in [3.63, 3.8) is 0 Å². The number of benzene rings is 1. The average Bonchev–Trinajstić information content (AvgIpc) is 3.36. The van der Waals surface area contributed by atoms with Gasteiger partial charge in [-0.3, -0.25) is 14.5 Å². The van der Waals surface area contributed by atoms with E-state index in [1.165, 1.54) is 30.0 Å². The molecule has 2 amide bonds. The molecule has 144 valence electrons. The Kier molecular flexibility index (Phi) is 6.17. The molecule has 0 saturated heterocycles. The van der Waals surface area contributed by atoms with Gasteiger partial charge in [0.25, 0.3) is 0 Å². The predicted octanol–water partition coefficient (Wildman–Crippen LogP) is 2.80. The fraction of sp³-hybridized carbons (Fsp3) is 0.412. The molecular formula is C17H20N4O4S2. The van der Waals surface area contributed by atoms with Crippen LogP contribution in [0.5, 0.6) is 11.5 Å². The van der Waals surface area contributed by atoms with Crippen LogP contribution in [0.15, 0.2) is 22.5 Å². The molecule has 0 bridgehead atoms. The lowest BCUT2D eigenvalue weighted by atomic mass is 10.2. The molecule has 1 saturated carbocycles. The van der Waals surface area contributed by atoms with Crippen LogP contribution >= 0.6 is 23.1 Å². The minimum absolute atomic E-state index is 0.0325. The molecular weight excluding hydrogens is 388 g/mol. The molecule has 10 heteroatoms. The van der Waals surface area contributed by atoms with Gasteiger partial charge in [-0.15, -0.1) is 10.2 Å². The molecule has 0 aliphatic heterocycles. The highest BCUT2D eigenvalue weighted by Crippen LogP contribution is 2.35. The van der Waals surface area contributed by atoms with E-state index in [1.54, 1.807) is 37.3 Å². The number of nitrogens with zero attached hydrogens (tertiary/aromatic N) is 3. The van der Waals surface area contributed by atoms with Crippen LogP contribution in [0.3, 0.4) is 0 Å². The lowest BCUT2D eigenvalue weighted by molar-refractivity contribution is -0.116. The van der Waals surface area contributed by atoms with Crippen molar-refractivity contribution in [2.24, 2.45) is 0 Å². The van der Waals surface area contributed by atoms with Gasteiger partial charge in [0.05, 0.1) is 20.0 Å². The molecule has 1 fully saturated rings. The summed E-state index contributed by atoms with van der Waals surface area (Å²) in [7, 11) is 3.10. The zero-order chi connectivity index (χ0) is 19.4. The Bertz CT molecular complexity index is 816. The van der Waals surface area contributed by atoms with E-state index in [1.807, 2.05) is 0 Å². The van der Waals surface area contributed by atoms with Crippen LogP contribution in [0.1, 0.15) is 19.8 Å². The first-order valence-electron chi connectivity index (χ1n) is 8.29. The molecule has 1 aromatic heterocycles. The van der Waals surface area contributed by atoms with E-state index in [2.05, 4.69) is 15.5 Å². The van der Waals surface area contributed by atoms with Gasteiger partial charge in [-0.1, -0.05) is 23.1 Å². The monoisotopic (exact) mass is 408 g/mol. The zero-order valence-corrected chi connectivity index (χ0v) is 16.9. The maximum absolute atomic E-state index is 12.2. The summed E-state index contributed by atoms with van der Waals surface area (Å²) in [5.41, 5.74) is 0.589. The second-order valence-electron chi connectivity index (χ2n) is 5.91. The summed E-state index contributed by atoms with van der Waals surface area (Å²) < 4.78 is 11.0. The van der Waals surface area contributed by atoms with E-state index in [9.17, 15) is 9.59 Å².